The first-order valence-corrected chi connectivity index (χ1v) is 11.8. The second-order valence-corrected chi connectivity index (χ2v) is 9.12. The van der Waals surface area contributed by atoms with Crippen LogP contribution in [0.4, 0.5) is 11.4 Å². The zero-order valence-corrected chi connectivity index (χ0v) is 20.0. The molecule has 0 aliphatic carbocycles. The molecule has 0 unspecified atom stereocenters. The molecule has 2 heterocycles. The van der Waals surface area contributed by atoms with Crippen LogP contribution in [0.5, 0.6) is 5.75 Å². The molecule has 7 nitrogen and oxygen atoms in total. The van der Waals surface area contributed by atoms with Gasteiger partial charge in [0.2, 0.25) is 0 Å². The lowest BCUT2D eigenvalue weighted by Crippen LogP contribution is -2.43. The van der Waals surface area contributed by atoms with E-state index < -0.39 is 11.8 Å². The van der Waals surface area contributed by atoms with Gasteiger partial charge in [0.05, 0.1) is 18.8 Å². The van der Waals surface area contributed by atoms with Crippen molar-refractivity contribution >= 4 is 34.8 Å². The van der Waals surface area contributed by atoms with Crippen LogP contribution in [-0.4, -0.2) is 57.1 Å². The number of methoxy groups -OCH3 is 1. The van der Waals surface area contributed by atoms with E-state index in [4.69, 9.17) is 16.3 Å². The Morgan fingerprint density at radius 2 is 1.85 bits per heavy atom. The number of carbonyl (C=O) groups excluding carboxylic acids is 2. The van der Waals surface area contributed by atoms with E-state index in [2.05, 4.69) is 45.7 Å². The molecule has 2 N–H and O–H groups in total. The van der Waals surface area contributed by atoms with Crippen LogP contribution in [0.25, 0.3) is 0 Å². The Morgan fingerprint density at radius 3 is 2.61 bits per heavy atom. The van der Waals surface area contributed by atoms with Crippen molar-refractivity contribution < 1.29 is 14.3 Å². The molecule has 4 rings (SSSR count). The standard InChI is InChI=1S/C25H31ClN4O3/c1-29-13-10-18-14-17(6-8-21(18)29)22(30-11-4-3-5-12-30)16-27-24(31)25(32)28-20-15-19(26)7-9-23(20)33-2/h6-9,14-15,22H,3-5,10-13,16H2,1-2H3,(H,27,31)(H,28,32)/t22-/m1/s1. The fraction of sp³-hybridized carbons (Fsp3) is 0.440. The van der Waals surface area contributed by atoms with E-state index in [1.807, 2.05) is 0 Å². The highest BCUT2D eigenvalue weighted by molar-refractivity contribution is 6.40. The zero-order valence-electron chi connectivity index (χ0n) is 19.2. The zero-order chi connectivity index (χ0) is 23.4. The van der Waals surface area contributed by atoms with Crippen LogP contribution in [0.2, 0.25) is 5.02 Å². The number of ether oxygens (including phenoxy) is 1. The summed E-state index contributed by atoms with van der Waals surface area (Å²) in [7, 11) is 3.61. The molecule has 0 aromatic heterocycles. The topological polar surface area (TPSA) is 73.9 Å². The maximum absolute atomic E-state index is 12.7. The molecular formula is C25H31ClN4O3. The number of amides is 2. The fourth-order valence-corrected chi connectivity index (χ4v) is 4.88. The molecule has 0 saturated carbocycles. The van der Waals surface area contributed by atoms with Gasteiger partial charge in [-0.3, -0.25) is 14.5 Å². The van der Waals surface area contributed by atoms with E-state index in [0.717, 1.165) is 38.9 Å². The molecule has 1 saturated heterocycles. The van der Waals surface area contributed by atoms with Crippen molar-refractivity contribution in [2.45, 2.75) is 31.7 Å². The van der Waals surface area contributed by atoms with Crippen molar-refractivity contribution in [3.8, 4) is 5.75 Å². The number of benzene rings is 2. The maximum atomic E-state index is 12.7. The smallest absolute Gasteiger partial charge is 0.313 e. The predicted molar refractivity (Wildman–Crippen MR) is 131 cm³/mol. The number of nitrogens with one attached hydrogen (secondary N) is 2. The summed E-state index contributed by atoms with van der Waals surface area (Å²) in [5, 5.41) is 5.90. The number of halogens is 1. The van der Waals surface area contributed by atoms with E-state index in [1.165, 1.54) is 30.3 Å². The largest absolute Gasteiger partial charge is 0.495 e. The quantitative estimate of drug-likeness (QED) is 0.631. The Balaban J connectivity index is 1.46. The fourth-order valence-electron chi connectivity index (χ4n) is 4.71. The van der Waals surface area contributed by atoms with Crippen molar-refractivity contribution in [3.63, 3.8) is 0 Å². The molecule has 176 valence electrons. The Bertz CT molecular complexity index is 1020. The van der Waals surface area contributed by atoms with Gasteiger partial charge in [0.15, 0.2) is 0 Å². The number of likely N-dealkylation sites (tertiary alicyclic amines) is 1. The van der Waals surface area contributed by atoms with Crippen molar-refractivity contribution in [2.75, 3.05) is 50.6 Å². The van der Waals surface area contributed by atoms with E-state index in [-0.39, 0.29) is 6.04 Å². The van der Waals surface area contributed by atoms with E-state index in [1.54, 1.807) is 18.2 Å². The van der Waals surface area contributed by atoms with Gasteiger partial charge in [-0.15, -0.1) is 0 Å². The number of hydrogen-bond donors (Lipinski definition) is 2. The number of nitrogens with zero attached hydrogens (tertiary/aromatic N) is 2. The summed E-state index contributed by atoms with van der Waals surface area (Å²) in [6, 6.07) is 11.5. The number of carbonyl (C=O) groups is 2. The number of hydrogen-bond acceptors (Lipinski definition) is 5. The predicted octanol–water partition coefficient (Wildman–Crippen LogP) is 3.62. The minimum absolute atomic E-state index is 0.0268. The van der Waals surface area contributed by atoms with Crippen LogP contribution in [-0.2, 0) is 16.0 Å². The first-order chi connectivity index (χ1) is 16.0. The summed E-state index contributed by atoms with van der Waals surface area (Å²) < 4.78 is 5.25. The average molecular weight is 471 g/mol. The van der Waals surface area contributed by atoms with Crippen LogP contribution in [0.3, 0.4) is 0 Å². The number of anilines is 2. The van der Waals surface area contributed by atoms with Gasteiger partial charge < -0.3 is 20.3 Å². The van der Waals surface area contributed by atoms with Crippen LogP contribution < -0.4 is 20.3 Å². The molecule has 2 aromatic rings. The summed E-state index contributed by atoms with van der Waals surface area (Å²) in [5.41, 5.74) is 4.16. The molecule has 33 heavy (non-hydrogen) atoms. The van der Waals surface area contributed by atoms with Crippen LogP contribution in [0.1, 0.15) is 36.4 Å². The Morgan fingerprint density at radius 1 is 1.06 bits per heavy atom. The molecule has 2 amide bonds. The van der Waals surface area contributed by atoms with Gasteiger partial charge in [-0.25, -0.2) is 0 Å². The molecule has 0 spiro atoms. The van der Waals surface area contributed by atoms with Crippen molar-refractivity contribution in [1.29, 1.82) is 0 Å². The average Bonchev–Trinajstić information content (AvgIpc) is 3.20. The SMILES string of the molecule is COc1ccc(Cl)cc1NC(=O)C(=O)NC[C@H](c1ccc2c(c1)CCN2C)N1CCCCC1. The normalized spacial score (nSPS) is 16.8. The third-order valence-corrected chi connectivity index (χ3v) is 6.75. The minimum atomic E-state index is -0.747. The Kier molecular flexibility index (Phi) is 7.40. The highest BCUT2D eigenvalue weighted by Gasteiger charge is 2.26. The van der Waals surface area contributed by atoms with Crippen molar-refractivity contribution in [2.24, 2.45) is 0 Å². The molecule has 2 aliphatic heterocycles. The number of fused-ring (bicyclic) bond motifs is 1. The molecule has 0 radical (unpaired) electrons. The third-order valence-electron chi connectivity index (χ3n) is 6.52. The lowest BCUT2D eigenvalue weighted by Gasteiger charge is -2.35. The Labute approximate surface area is 200 Å². The van der Waals surface area contributed by atoms with Crippen molar-refractivity contribution in [3.05, 3.63) is 52.5 Å². The summed E-state index contributed by atoms with van der Waals surface area (Å²) in [6.45, 7) is 3.37. The molecule has 1 fully saturated rings. The monoisotopic (exact) mass is 470 g/mol. The molecular weight excluding hydrogens is 440 g/mol. The van der Waals surface area contributed by atoms with Crippen LogP contribution in [0, 0.1) is 0 Å². The number of likely N-dealkylation sites (N-methyl/N-ethyl adjacent to an activating group) is 1. The Hall–Kier alpha value is -2.77. The molecule has 8 heteroatoms. The van der Waals surface area contributed by atoms with Crippen molar-refractivity contribution in [1.82, 2.24) is 10.2 Å². The van der Waals surface area contributed by atoms with Gasteiger partial charge in [-0.1, -0.05) is 30.2 Å². The van der Waals surface area contributed by atoms with E-state index in [9.17, 15) is 9.59 Å². The van der Waals surface area contributed by atoms with Crippen LogP contribution in [0.15, 0.2) is 36.4 Å². The minimum Gasteiger partial charge on any atom is -0.495 e. The van der Waals surface area contributed by atoms with Gasteiger partial charge in [-0.05, 0) is 67.7 Å². The summed E-state index contributed by atoms with van der Waals surface area (Å²) >= 11 is 6.03. The molecule has 0 bridgehead atoms. The third kappa shape index (κ3) is 5.42. The summed E-state index contributed by atoms with van der Waals surface area (Å²) in [4.78, 5) is 29.9. The highest BCUT2D eigenvalue weighted by atomic mass is 35.5. The molecule has 2 aliphatic rings. The van der Waals surface area contributed by atoms with Gasteiger partial charge in [0, 0.05) is 30.8 Å². The summed E-state index contributed by atoms with van der Waals surface area (Å²) in [6.07, 6.45) is 4.55. The second kappa shape index (κ2) is 10.4. The lowest BCUT2D eigenvalue weighted by atomic mass is 9.98. The van der Waals surface area contributed by atoms with Crippen LogP contribution >= 0.6 is 11.6 Å². The van der Waals surface area contributed by atoms with E-state index >= 15 is 0 Å². The number of piperidine rings is 1. The molecule has 1 atom stereocenters. The first kappa shape index (κ1) is 23.4. The lowest BCUT2D eigenvalue weighted by molar-refractivity contribution is -0.136. The molecule has 2 aromatic carbocycles. The second-order valence-electron chi connectivity index (χ2n) is 8.68. The van der Waals surface area contributed by atoms with Gasteiger partial charge in [0.1, 0.15) is 5.75 Å². The first-order valence-electron chi connectivity index (χ1n) is 11.5. The summed E-state index contributed by atoms with van der Waals surface area (Å²) in [5.74, 6) is -0.988. The van der Waals surface area contributed by atoms with E-state index in [0.29, 0.717) is 23.0 Å². The maximum Gasteiger partial charge on any atom is 0.313 e. The highest BCUT2D eigenvalue weighted by Crippen LogP contribution is 2.32. The van der Waals surface area contributed by atoms with Gasteiger partial charge in [-0.2, -0.15) is 0 Å². The number of rotatable bonds is 6. The van der Waals surface area contributed by atoms with Gasteiger partial charge in [0.25, 0.3) is 0 Å². The van der Waals surface area contributed by atoms with Gasteiger partial charge >= 0.3 is 11.8 Å².